The van der Waals surface area contributed by atoms with Gasteiger partial charge in [0.15, 0.2) is 8.07 Å². The third kappa shape index (κ3) is 3.69. The Morgan fingerprint density at radius 3 is 1.64 bits per heavy atom. The van der Waals surface area contributed by atoms with Crippen molar-refractivity contribution in [2.45, 2.75) is 0 Å². The van der Waals surface area contributed by atoms with Crippen LogP contribution in [0.15, 0.2) is 168 Å². The molecule has 1 spiro atoms. The fourth-order valence-electron chi connectivity index (χ4n) is 7.69. The third-order valence-electron chi connectivity index (χ3n) is 9.57. The predicted octanol–water partition coefficient (Wildman–Crippen LogP) is 8.64. The number of para-hydroxylation sites is 5. The van der Waals surface area contributed by atoms with Crippen molar-refractivity contribution in [2.24, 2.45) is 0 Å². The van der Waals surface area contributed by atoms with Gasteiger partial charge in [-0.3, -0.25) is 0 Å². The highest BCUT2D eigenvalue weighted by Gasteiger charge is 2.53. The average molecular weight is 622 g/mol. The number of ether oxygens (including phenoxy) is 2. The van der Waals surface area contributed by atoms with Gasteiger partial charge in [-0.15, -0.1) is 0 Å². The van der Waals surface area contributed by atoms with Crippen molar-refractivity contribution in [3.05, 3.63) is 164 Å². The van der Waals surface area contributed by atoms with Crippen LogP contribution in [0.25, 0.3) is 21.9 Å². The molecule has 2 aliphatic rings. The largest absolute Gasteiger partial charge is 0.458 e. The molecule has 2 aliphatic heterocycles. The van der Waals surface area contributed by atoms with Crippen LogP contribution in [-0.2, 0) is 0 Å². The molecule has 1 aromatic heterocycles. The van der Waals surface area contributed by atoms with Crippen LogP contribution in [0, 0.1) is 0 Å². The number of hydrogen-bond acceptors (Lipinski definition) is 4. The first-order valence-corrected chi connectivity index (χ1v) is 17.8. The summed E-state index contributed by atoms with van der Waals surface area (Å²) in [6, 6.07) is 57.5. The number of rotatable bonds is 3. The normalized spacial score (nSPS) is 13.6. The highest BCUT2D eigenvalue weighted by Crippen LogP contribution is 2.44. The molecule has 0 N–H and O–H groups in total. The van der Waals surface area contributed by atoms with Crippen LogP contribution in [0.5, 0.6) is 23.0 Å². The lowest BCUT2D eigenvalue weighted by Crippen LogP contribution is -2.77. The molecule has 47 heavy (non-hydrogen) atoms. The average Bonchev–Trinajstić information content (AvgIpc) is 3.52. The number of furan rings is 1. The molecule has 8 aromatic rings. The van der Waals surface area contributed by atoms with E-state index in [0.29, 0.717) is 0 Å². The first kappa shape index (κ1) is 26.2. The summed E-state index contributed by atoms with van der Waals surface area (Å²) in [4.78, 5) is 2.35. The maximum absolute atomic E-state index is 6.76. The Balaban J connectivity index is 1.30. The van der Waals surface area contributed by atoms with Gasteiger partial charge in [0.25, 0.3) is 0 Å². The summed E-state index contributed by atoms with van der Waals surface area (Å²) in [6.45, 7) is 0. The Morgan fingerprint density at radius 1 is 0.404 bits per heavy atom. The number of fused-ring (bicyclic) bond motifs is 11. The number of nitrogens with zero attached hydrogens (tertiary/aromatic N) is 1. The van der Waals surface area contributed by atoms with Crippen LogP contribution < -0.4 is 35.1 Å². The molecule has 0 bridgehead atoms. The van der Waals surface area contributed by atoms with Crippen LogP contribution in [0.3, 0.4) is 0 Å². The number of anilines is 3. The summed E-state index contributed by atoms with van der Waals surface area (Å²) in [5.74, 6) is 3.59. The zero-order valence-electron chi connectivity index (χ0n) is 25.3. The molecule has 4 nitrogen and oxygen atoms in total. The lowest BCUT2D eigenvalue weighted by Gasteiger charge is -2.43. The van der Waals surface area contributed by atoms with Crippen LogP contribution >= 0.6 is 0 Å². The Labute approximate surface area is 272 Å². The van der Waals surface area contributed by atoms with E-state index in [1.165, 1.54) is 20.7 Å². The molecule has 5 heteroatoms. The van der Waals surface area contributed by atoms with E-state index in [2.05, 4.69) is 157 Å². The fraction of sp³-hybridized carbons (Fsp3) is 0. The van der Waals surface area contributed by atoms with Crippen molar-refractivity contribution < 1.29 is 13.9 Å². The third-order valence-corrected chi connectivity index (χ3v) is 14.4. The minimum Gasteiger partial charge on any atom is -0.458 e. The molecule has 0 radical (unpaired) electrons. The summed E-state index contributed by atoms with van der Waals surface area (Å²) < 4.78 is 19.7. The molecule has 0 saturated carbocycles. The quantitative estimate of drug-likeness (QED) is 0.185. The van der Waals surface area contributed by atoms with Crippen LogP contribution in [-0.4, -0.2) is 8.07 Å². The predicted molar refractivity (Wildman–Crippen MR) is 192 cm³/mol. The van der Waals surface area contributed by atoms with E-state index in [1.807, 2.05) is 12.1 Å². The highest BCUT2D eigenvalue weighted by atomic mass is 28.3. The maximum atomic E-state index is 6.76. The number of hydrogen-bond donors (Lipinski definition) is 0. The summed E-state index contributed by atoms with van der Waals surface area (Å²) in [7, 11) is -2.91. The van der Waals surface area contributed by atoms with Gasteiger partial charge in [-0.25, -0.2) is 0 Å². The van der Waals surface area contributed by atoms with Crippen LogP contribution in [0.1, 0.15) is 0 Å². The second kappa shape index (κ2) is 9.98. The Kier molecular flexibility index (Phi) is 5.56. The van der Waals surface area contributed by atoms with Crippen molar-refractivity contribution in [3.63, 3.8) is 0 Å². The fourth-order valence-corrected chi connectivity index (χ4v) is 12.8. The van der Waals surface area contributed by atoms with Gasteiger partial charge in [-0.2, -0.15) is 0 Å². The van der Waals surface area contributed by atoms with E-state index in [4.69, 9.17) is 13.9 Å². The van der Waals surface area contributed by atoms with Crippen LogP contribution in [0.4, 0.5) is 17.1 Å². The summed E-state index contributed by atoms with van der Waals surface area (Å²) >= 11 is 0. The monoisotopic (exact) mass is 621 g/mol. The topological polar surface area (TPSA) is 34.8 Å². The van der Waals surface area contributed by atoms with Gasteiger partial charge in [0.05, 0.1) is 11.1 Å². The van der Waals surface area contributed by atoms with E-state index in [-0.39, 0.29) is 0 Å². The highest BCUT2D eigenvalue weighted by molar-refractivity contribution is 7.21. The van der Waals surface area contributed by atoms with Crippen molar-refractivity contribution >= 4 is 67.8 Å². The second-order valence-electron chi connectivity index (χ2n) is 12.0. The van der Waals surface area contributed by atoms with Crippen molar-refractivity contribution in [3.8, 4) is 23.0 Å². The molecule has 0 aliphatic carbocycles. The minimum atomic E-state index is -2.91. The van der Waals surface area contributed by atoms with Gasteiger partial charge in [0.2, 0.25) is 0 Å². The van der Waals surface area contributed by atoms with Crippen molar-refractivity contribution in [2.75, 3.05) is 4.90 Å². The van der Waals surface area contributed by atoms with Gasteiger partial charge in [0.1, 0.15) is 34.2 Å². The smallest absolute Gasteiger partial charge is 0.196 e. The molecule has 0 unspecified atom stereocenters. The zero-order valence-corrected chi connectivity index (χ0v) is 26.3. The van der Waals surface area contributed by atoms with E-state index < -0.39 is 8.07 Å². The van der Waals surface area contributed by atoms with Crippen molar-refractivity contribution in [1.29, 1.82) is 0 Å². The van der Waals surface area contributed by atoms with Gasteiger partial charge < -0.3 is 18.8 Å². The summed E-state index contributed by atoms with van der Waals surface area (Å²) in [5, 5.41) is 7.04. The van der Waals surface area contributed by atoms with Gasteiger partial charge >= 0.3 is 0 Å². The van der Waals surface area contributed by atoms with E-state index in [0.717, 1.165) is 62.0 Å². The maximum Gasteiger partial charge on any atom is 0.196 e. The second-order valence-corrected chi connectivity index (χ2v) is 15.7. The molecule has 222 valence electrons. The van der Waals surface area contributed by atoms with Gasteiger partial charge in [-0.05, 0) is 87.5 Å². The Morgan fingerprint density at radius 2 is 0.957 bits per heavy atom. The zero-order chi connectivity index (χ0) is 31.0. The molecule has 0 fully saturated rings. The van der Waals surface area contributed by atoms with Gasteiger partial charge in [0, 0.05) is 16.8 Å². The molecule has 10 rings (SSSR count). The first-order valence-electron chi connectivity index (χ1n) is 15.8. The molecule has 7 aromatic carbocycles. The standard InChI is InChI=1S/C42H27NO3Si/c1-2-13-28(14-3-1)43(31-16-12-21-37-42(31)30-15-4-5-17-32(30)44-37)29-25-26-36-41(27-29)47(40-24-11-8-20-35(40)46-36)38-22-9-6-18-33(38)45-34-19-7-10-23-39(34)47/h1-27H. The van der Waals surface area contributed by atoms with Crippen LogP contribution in [0.2, 0.25) is 0 Å². The minimum absolute atomic E-state index is 0.859. The first-order chi connectivity index (χ1) is 23.3. The Bertz CT molecular complexity index is 2400. The molecular formula is C42H27NO3Si. The number of benzene rings is 7. The Hall–Kier alpha value is -6.04. The van der Waals surface area contributed by atoms with E-state index >= 15 is 0 Å². The van der Waals surface area contributed by atoms with Gasteiger partial charge in [-0.1, -0.05) is 97.1 Å². The SMILES string of the molecule is c1ccc(N(c2ccc3c(c2)[Si]2(c4ccccc4Oc4ccccc42)c2ccccc2O3)c2cccc3oc4ccccc4c23)cc1. The summed E-state index contributed by atoms with van der Waals surface area (Å²) in [5.41, 5.74) is 4.90. The molecule has 3 heterocycles. The van der Waals surface area contributed by atoms with Crippen molar-refractivity contribution in [1.82, 2.24) is 0 Å². The molecular weight excluding hydrogens is 595 g/mol. The van der Waals surface area contributed by atoms with E-state index in [9.17, 15) is 0 Å². The molecule has 0 amide bonds. The molecule has 0 atom stereocenters. The molecule has 0 saturated heterocycles. The lowest BCUT2D eigenvalue weighted by molar-refractivity contribution is 0.481. The lowest BCUT2D eigenvalue weighted by atomic mass is 10.1. The van der Waals surface area contributed by atoms with E-state index in [1.54, 1.807) is 0 Å². The summed E-state index contributed by atoms with van der Waals surface area (Å²) in [6.07, 6.45) is 0.